The van der Waals surface area contributed by atoms with E-state index >= 15 is 0 Å². The van der Waals surface area contributed by atoms with Gasteiger partial charge < -0.3 is 9.88 Å². The van der Waals surface area contributed by atoms with E-state index in [0.717, 1.165) is 19.6 Å². The Morgan fingerprint density at radius 1 is 1.06 bits per heavy atom. The van der Waals surface area contributed by atoms with E-state index in [9.17, 15) is 0 Å². The topological polar surface area (TPSA) is 17.0 Å². The Morgan fingerprint density at radius 2 is 1.89 bits per heavy atom. The van der Waals surface area contributed by atoms with Gasteiger partial charge >= 0.3 is 0 Å². The lowest BCUT2D eigenvalue weighted by atomic mass is 10.2. The molecule has 2 heteroatoms. The second kappa shape index (κ2) is 7.02. The summed E-state index contributed by atoms with van der Waals surface area (Å²) < 4.78 is 2.31. The summed E-state index contributed by atoms with van der Waals surface area (Å²) in [5.41, 5.74) is 2.71. The van der Waals surface area contributed by atoms with Crippen molar-refractivity contribution in [3.63, 3.8) is 0 Å². The van der Waals surface area contributed by atoms with Gasteiger partial charge in [-0.25, -0.2) is 0 Å². The molecule has 0 spiro atoms. The molecule has 96 valence electrons. The summed E-state index contributed by atoms with van der Waals surface area (Å²) in [6, 6.07) is 14.9. The first-order valence-corrected chi connectivity index (χ1v) is 6.79. The minimum Gasteiger partial charge on any atom is -0.346 e. The van der Waals surface area contributed by atoms with E-state index < -0.39 is 0 Å². The number of unbranched alkanes of at least 4 members (excludes halogenated alkanes) is 1. The molecule has 1 N–H and O–H groups in total. The lowest BCUT2D eigenvalue weighted by Gasteiger charge is -2.10. The molecule has 18 heavy (non-hydrogen) atoms. The molecule has 0 saturated heterocycles. The quantitative estimate of drug-likeness (QED) is 0.736. The highest BCUT2D eigenvalue weighted by Crippen LogP contribution is 2.07. The van der Waals surface area contributed by atoms with Gasteiger partial charge in [0.05, 0.1) is 0 Å². The Kier molecular flexibility index (Phi) is 5.03. The monoisotopic (exact) mass is 242 g/mol. The Bertz CT molecular complexity index is 445. The highest BCUT2D eigenvalue weighted by Gasteiger charge is 2.01. The number of nitrogens with one attached hydrogen (secondary N) is 1. The molecule has 0 radical (unpaired) electrons. The maximum absolute atomic E-state index is 3.49. The first-order chi connectivity index (χ1) is 8.90. The second-order valence-corrected chi connectivity index (χ2v) is 4.64. The van der Waals surface area contributed by atoms with Crippen molar-refractivity contribution in [2.45, 2.75) is 32.9 Å². The van der Waals surface area contributed by atoms with Crippen molar-refractivity contribution in [1.29, 1.82) is 0 Å². The molecule has 0 aliphatic rings. The Balaban J connectivity index is 1.91. The average Bonchev–Trinajstić information content (AvgIpc) is 2.83. The van der Waals surface area contributed by atoms with Crippen LogP contribution in [0.3, 0.4) is 0 Å². The van der Waals surface area contributed by atoms with Crippen LogP contribution in [0.15, 0.2) is 48.7 Å². The van der Waals surface area contributed by atoms with Gasteiger partial charge in [-0.05, 0) is 30.7 Å². The number of benzene rings is 1. The molecule has 0 saturated carbocycles. The first-order valence-electron chi connectivity index (χ1n) is 6.79. The summed E-state index contributed by atoms with van der Waals surface area (Å²) >= 11 is 0. The molecule has 1 aromatic carbocycles. The molecule has 0 aliphatic carbocycles. The first kappa shape index (κ1) is 12.9. The summed E-state index contributed by atoms with van der Waals surface area (Å²) in [5.74, 6) is 0. The predicted octanol–water partition coefficient (Wildman–Crippen LogP) is 3.43. The van der Waals surface area contributed by atoms with Crippen LogP contribution in [0.5, 0.6) is 0 Å². The Morgan fingerprint density at radius 3 is 2.67 bits per heavy atom. The standard InChI is InChI=1S/C16H22N2/c1-2-3-11-17-13-16-10-7-12-18(16)14-15-8-5-4-6-9-15/h4-10,12,17H,2-3,11,13-14H2,1H3. The van der Waals surface area contributed by atoms with Gasteiger partial charge in [0.15, 0.2) is 0 Å². The summed E-state index contributed by atoms with van der Waals surface area (Å²) in [5, 5.41) is 3.49. The van der Waals surface area contributed by atoms with Gasteiger partial charge in [-0.1, -0.05) is 43.7 Å². The van der Waals surface area contributed by atoms with Crippen molar-refractivity contribution in [3.05, 3.63) is 59.9 Å². The van der Waals surface area contributed by atoms with Crippen molar-refractivity contribution in [2.75, 3.05) is 6.54 Å². The predicted molar refractivity (Wildman–Crippen MR) is 76.6 cm³/mol. The van der Waals surface area contributed by atoms with Gasteiger partial charge in [-0.15, -0.1) is 0 Å². The Labute approximate surface area is 110 Å². The summed E-state index contributed by atoms with van der Waals surface area (Å²) in [6.45, 7) is 5.24. The third-order valence-corrected chi connectivity index (χ3v) is 3.13. The van der Waals surface area contributed by atoms with Crippen molar-refractivity contribution < 1.29 is 0 Å². The highest BCUT2D eigenvalue weighted by atomic mass is 15.0. The van der Waals surface area contributed by atoms with Crippen molar-refractivity contribution in [3.8, 4) is 0 Å². The molecule has 0 atom stereocenters. The van der Waals surface area contributed by atoms with Gasteiger partial charge in [0.1, 0.15) is 0 Å². The molecule has 1 aromatic heterocycles. The van der Waals surface area contributed by atoms with E-state index in [1.807, 2.05) is 0 Å². The van der Waals surface area contributed by atoms with Crippen LogP contribution in [-0.4, -0.2) is 11.1 Å². The molecule has 2 nitrogen and oxygen atoms in total. The van der Waals surface area contributed by atoms with Crippen LogP contribution in [0.25, 0.3) is 0 Å². The SMILES string of the molecule is CCCCNCc1cccn1Cc1ccccc1. The number of hydrogen-bond donors (Lipinski definition) is 1. The van der Waals surface area contributed by atoms with Gasteiger partial charge in [0.2, 0.25) is 0 Å². The number of hydrogen-bond acceptors (Lipinski definition) is 1. The third kappa shape index (κ3) is 3.74. The molecule has 0 fully saturated rings. The molecule has 0 bridgehead atoms. The van der Waals surface area contributed by atoms with Gasteiger partial charge in [0, 0.05) is 25.0 Å². The van der Waals surface area contributed by atoms with E-state index in [0.29, 0.717) is 0 Å². The summed E-state index contributed by atoms with van der Waals surface area (Å²) in [4.78, 5) is 0. The maximum Gasteiger partial charge on any atom is 0.0473 e. The van der Waals surface area contributed by atoms with Crippen LogP contribution in [0.1, 0.15) is 31.0 Å². The van der Waals surface area contributed by atoms with Crippen LogP contribution in [-0.2, 0) is 13.1 Å². The molecule has 0 aliphatic heterocycles. The Hall–Kier alpha value is -1.54. The normalized spacial score (nSPS) is 10.7. The molecular formula is C16H22N2. The molecule has 0 unspecified atom stereocenters. The van der Waals surface area contributed by atoms with E-state index in [1.54, 1.807) is 0 Å². The minimum absolute atomic E-state index is 0.957. The van der Waals surface area contributed by atoms with Crippen LogP contribution in [0, 0.1) is 0 Å². The van der Waals surface area contributed by atoms with Crippen LogP contribution >= 0.6 is 0 Å². The molecule has 0 amide bonds. The lowest BCUT2D eigenvalue weighted by molar-refractivity contribution is 0.610. The second-order valence-electron chi connectivity index (χ2n) is 4.64. The fraction of sp³-hybridized carbons (Fsp3) is 0.375. The zero-order valence-electron chi connectivity index (χ0n) is 11.1. The van der Waals surface area contributed by atoms with Crippen LogP contribution < -0.4 is 5.32 Å². The van der Waals surface area contributed by atoms with E-state index in [1.165, 1.54) is 24.1 Å². The van der Waals surface area contributed by atoms with E-state index in [-0.39, 0.29) is 0 Å². The fourth-order valence-electron chi connectivity index (χ4n) is 2.06. The van der Waals surface area contributed by atoms with Crippen LogP contribution in [0.2, 0.25) is 0 Å². The van der Waals surface area contributed by atoms with Crippen molar-refractivity contribution >= 4 is 0 Å². The lowest BCUT2D eigenvalue weighted by Crippen LogP contribution is -2.17. The average molecular weight is 242 g/mol. The number of rotatable bonds is 7. The van der Waals surface area contributed by atoms with E-state index in [4.69, 9.17) is 0 Å². The maximum atomic E-state index is 3.49. The highest BCUT2D eigenvalue weighted by molar-refractivity contribution is 5.17. The van der Waals surface area contributed by atoms with E-state index in [2.05, 4.69) is 65.5 Å². The van der Waals surface area contributed by atoms with Crippen molar-refractivity contribution in [1.82, 2.24) is 9.88 Å². The third-order valence-electron chi connectivity index (χ3n) is 3.13. The fourth-order valence-corrected chi connectivity index (χ4v) is 2.06. The zero-order chi connectivity index (χ0) is 12.6. The van der Waals surface area contributed by atoms with Gasteiger partial charge in [-0.2, -0.15) is 0 Å². The zero-order valence-corrected chi connectivity index (χ0v) is 11.1. The molecule has 2 rings (SSSR count). The minimum atomic E-state index is 0.957. The molecule has 1 heterocycles. The summed E-state index contributed by atoms with van der Waals surface area (Å²) in [7, 11) is 0. The number of aromatic nitrogens is 1. The smallest absolute Gasteiger partial charge is 0.0473 e. The largest absolute Gasteiger partial charge is 0.346 e. The molecule has 2 aromatic rings. The van der Waals surface area contributed by atoms with Gasteiger partial charge in [-0.3, -0.25) is 0 Å². The van der Waals surface area contributed by atoms with Crippen LogP contribution in [0.4, 0.5) is 0 Å². The number of nitrogens with zero attached hydrogens (tertiary/aromatic N) is 1. The molecular weight excluding hydrogens is 220 g/mol. The van der Waals surface area contributed by atoms with Crippen molar-refractivity contribution in [2.24, 2.45) is 0 Å². The van der Waals surface area contributed by atoms with Gasteiger partial charge in [0.25, 0.3) is 0 Å². The summed E-state index contributed by atoms with van der Waals surface area (Å²) in [6.07, 6.45) is 4.65.